The number of hydrogen-bond acceptors (Lipinski definition) is 3. The Kier molecular flexibility index (Phi) is 12.2. The van der Waals surface area contributed by atoms with E-state index in [-0.39, 0.29) is 0 Å². The first kappa shape index (κ1) is 14.0. The number of ether oxygens (including phenoxy) is 1. The lowest BCUT2D eigenvalue weighted by Gasteiger charge is -2.02. The molecule has 15 heavy (non-hydrogen) atoms. The molecule has 88 valence electrons. The van der Waals surface area contributed by atoms with Crippen LogP contribution in [-0.4, -0.2) is 23.4 Å². The molecule has 0 amide bonds. The zero-order valence-electron chi connectivity index (χ0n) is 9.27. The van der Waals surface area contributed by atoms with Gasteiger partial charge in [0.2, 0.25) is 0 Å². The minimum atomic E-state index is 0.801. The van der Waals surface area contributed by atoms with E-state index in [0.717, 1.165) is 64.3 Å². The summed E-state index contributed by atoms with van der Waals surface area (Å²) >= 11 is 0. The number of unbranched alkanes of at least 4 members (excludes halogenated alkanes) is 4. The molecule has 0 aromatic heterocycles. The van der Waals surface area contributed by atoms with Gasteiger partial charge < -0.3 is 14.9 Å². The maximum Gasteiger partial charge on any atom is 0.0751 e. The largest absolute Gasteiger partial charge is 0.516 e. The summed E-state index contributed by atoms with van der Waals surface area (Å²) in [6, 6.07) is 0. The molecule has 0 fully saturated rings. The van der Waals surface area contributed by atoms with Crippen LogP contribution in [0.2, 0.25) is 0 Å². The van der Waals surface area contributed by atoms with Gasteiger partial charge >= 0.3 is 0 Å². The van der Waals surface area contributed by atoms with Gasteiger partial charge in [0.15, 0.2) is 0 Å². The van der Waals surface area contributed by atoms with Crippen LogP contribution < -0.4 is 0 Å². The van der Waals surface area contributed by atoms with E-state index >= 15 is 0 Å². The highest BCUT2D eigenvalue weighted by Gasteiger charge is 1.89. The quantitative estimate of drug-likeness (QED) is 0.432. The van der Waals surface area contributed by atoms with E-state index in [4.69, 9.17) is 14.9 Å². The molecule has 3 heteroatoms. The Bertz CT molecular complexity index is 146. The van der Waals surface area contributed by atoms with Crippen LogP contribution in [0.4, 0.5) is 0 Å². The second kappa shape index (κ2) is 13.0. The summed E-state index contributed by atoms with van der Waals surface area (Å²) in [4.78, 5) is 0. The first-order valence-electron chi connectivity index (χ1n) is 5.58. The third-order valence-corrected chi connectivity index (χ3v) is 2.03. The van der Waals surface area contributed by atoms with Crippen LogP contribution >= 0.6 is 0 Å². The van der Waals surface area contributed by atoms with E-state index in [9.17, 15) is 0 Å². The predicted octanol–water partition coefficient (Wildman–Crippen LogP) is 3.49. The summed E-state index contributed by atoms with van der Waals surface area (Å²) in [7, 11) is 0. The zero-order valence-corrected chi connectivity index (χ0v) is 9.27. The first-order chi connectivity index (χ1) is 7.41. The summed E-state index contributed by atoms with van der Waals surface area (Å²) < 4.78 is 5.42. The molecule has 0 aliphatic rings. The number of aliphatic hydroxyl groups is 2. The highest BCUT2D eigenvalue weighted by molar-refractivity contribution is 4.71. The van der Waals surface area contributed by atoms with Crippen molar-refractivity contribution in [2.24, 2.45) is 0 Å². The Labute approximate surface area is 92.1 Å². The molecule has 0 aliphatic carbocycles. The lowest BCUT2D eigenvalue weighted by atomic mass is 10.2. The van der Waals surface area contributed by atoms with Gasteiger partial charge in [0.1, 0.15) is 0 Å². The molecule has 0 aliphatic heterocycles. The van der Waals surface area contributed by atoms with Gasteiger partial charge in [-0.2, -0.15) is 0 Å². The highest BCUT2D eigenvalue weighted by Crippen LogP contribution is 2.00. The van der Waals surface area contributed by atoms with Crippen LogP contribution in [-0.2, 0) is 4.74 Å². The van der Waals surface area contributed by atoms with E-state index in [1.807, 2.05) is 0 Å². The molecule has 3 nitrogen and oxygen atoms in total. The molecule has 0 spiro atoms. The van der Waals surface area contributed by atoms with Crippen molar-refractivity contribution in [3.63, 3.8) is 0 Å². The number of aliphatic hydroxyl groups excluding tert-OH is 2. The normalized spacial score (nSPS) is 11.7. The second-order valence-corrected chi connectivity index (χ2v) is 3.37. The van der Waals surface area contributed by atoms with Crippen LogP contribution in [0.1, 0.15) is 38.5 Å². The van der Waals surface area contributed by atoms with Gasteiger partial charge in [-0.1, -0.05) is 12.2 Å². The molecule has 0 aromatic carbocycles. The fourth-order valence-electron chi connectivity index (χ4n) is 1.18. The summed E-state index contributed by atoms with van der Waals surface area (Å²) in [5.74, 6) is 0. The Morgan fingerprint density at radius 1 is 0.733 bits per heavy atom. The molecule has 0 saturated carbocycles. The summed E-state index contributed by atoms with van der Waals surface area (Å²) in [5, 5.41) is 16.7. The van der Waals surface area contributed by atoms with E-state index in [1.54, 1.807) is 12.2 Å². The van der Waals surface area contributed by atoms with Crippen LogP contribution in [0.5, 0.6) is 0 Å². The average Bonchev–Trinajstić information content (AvgIpc) is 2.26. The Morgan fingerprint density at radius 3 is 1.60 bits per heavy atom. The maximum absolute atomic E-state index is 8.37. The van der Waals surface area contributed by atoms with E-state index in [0.29, 0.717) is 0 Å². The van der Waals surface area contributed by atoms with E-state index < -0.39 is 0 Å². The number of rotatable bonds is 10. The fourth-order valence-corrected chi connectivity index (χ4v) is 1.18. The van der Waals surface area contributed by atoms with Crippen LogP contribution in [0.3, 0.4) is 0 Å². The van der Waals surface area contributed by atoms with Crippen molar-refractivity contribution >= 4 is 0 Å². The van der Waals surface area contributed by atoms with Gasteiger partial charge in [0, 0.05) is 13.2 Å². The Hall–Kier alpha value is -0.960. The smallest absolute Gasteiger partial charge is 0.0751 e. The molecule has 0 saturated heterocycles. The standard InChI is InChI=1S/C12H22O3/c13-9-5-1-3-7-11-15-12-8-4-2-6-10-14/h5-6,9-10,13-14H,1-4,7-8,11-12H2. The highest BCUT2D eigenvalue weighted by atomic mass is 16.5. The van der Waals surface area contributed by atoms with Crippen molar-refractivity contribution < 1.29 is 14.9 Å². The zero-order chi connectivity index (χ0) is 11.2. The SMILES string of the molecule is OC=CCCCCOCCCCC=CO. The minimum absolute atomic E-state index is 0.801. The molecule has 0 aromatic rings. The molecule has 0 bridgehead atoms. The van der Waals surface area contributed by atoms with E-state index in [1.165, 1.54) is 0 Å². The van der Waals surface area contributed by atoms with E-state index in [2.05, 4.69) is 0 Å². The van der Waals surface area contributed by atoms with Gasteiger partial charge in [-0.3, -0.25) is 0 Å². The topological polar surface area (TPSA) is 49.7 Å². The van der Waals surface area contributed by atoms with Gasteiger partial charge in [-0.15, -0.1) is 0 Å². The minimum Gasteiger partial charge on any atom is -0.516 e. The predicted molar refractivity (Wildman–Crippen MR) is 62.1 cm³/mol. The van der Waals surface area contributed by atoms with Gasteiger partial charge in [0.25, 0.3) is 0 Å². The lowest BCUT2D eigenvalue weighted by Crippen LogP contribution is -1.96. The number of allylic oxidation sites excluding steroid dienone is 2. The van der Waals surface area contributed by atoms with Crippen molar-refractivity contribution in [2.45, 2.75) is 38.5 Å². The van der Waals surface area contributed by atoms with Gasteiger partial charge in [0.05, 0.1) is 12.5 Å². The maximum atomic E-state index is 8.37. The second-order valence-electron chi connectivity index (χ2n) is 3.37. The summed E-state index contributed by atoms with van der Waals surface area (Å²) in [6.45, 7) is 1.60. The van der Waals surface area contributed by atoms with Crippen LogP contribution in [0.25, 0.3) is 0 Å². The molecule has 0 unspecified atom stereocenters. The molecule has 0 heterocycles. The van der Waals surface area contributed by atoms with Crippen LogP contribution in [0, 0.1) is 0 Å². The molecular formula is C12H22O3. The number of hydrogen-bond donors (Lipinski definition) is 2. The first-order valence-corrected chi connectivity index (χ1v) is 5.58. The van der Waals surface area contributed by atoms with Crippen molar-refractivity contribution in [1.29, 1.82) is 0 Å². The summed E-state index contributed by atoms with van der Waals surface area (Å²) in [6.07, 6.45) is 11.7. The fraction of sp³-hybridized carbons (Fsp3) is 0.667. The van der Waals surface area contributed by atoms with Crippen molar-refractivity contribution in [1.82, 2.24) is 0 Å². The monoisotopic (exact) mass is 214 g/mol. The van der Waals surface area contributed by atoms with Crippen molar-refractivity contribution in [3.8, 4) is 0 Å². The molecule has 0 rings (SSSR count). The van der Waals surface area contributed by atoms with Crippen molar-refractivity contribution in [3.05, 3.63) is 24.7 Å². The van der Waals surface area contributed by atoms with Crippen molar-refractivity contribution in [2.75, 3.05) is 13.2 Å². The Morgan fingerprint density at radius 2 is 1.20 bits per heavy atom. The van der Waals surface area contributed by atoms with Gasteiger partial charge in [-0.25, -0.2) is 0 Å². The molecule has 0 atom stereocenters. The van der Waals surface area contributed by atoms with Crippen LogP contribution in [0.15, 0.2) is 24.7 Å². The Balaban J connectivity index is 2.92. The molecular weight excluding hydrogens is 192 g/mol. The third kappa shape index (κ3) is 13.0. The molecule has 2 N–H and O–H groups in total. The summed E-state index contributed by atoms with van der Waals surface area (Å²) in [5.41, 5.74) is 0. The third-order valence-electron chi connectivity index (χ3n) is 2.03. The molecule has 0 radical (unpaired) electrons. The average molecular weight is 214 g/mol. The lowest BCUT2D eigenvalue weighted by molar-refractivity contribution is 0.127. The van der Waals surface area contributed by atoms with Gasteiger partial charge in [-0.05, 0) is 38.5 Å².